The maximum absolute atomic E-state index is 13.6. The lowest BCUT2D eigenvalue weighted by molar-refractivity contribution is 0.446. The van der Waals surface area contributed by atoms with Gasteiger partial charge in [-0.15, -0.1) is 0 Å². The molecule has 0 atom stereocenters. The van der Waals surface area contributed by atoms with Crippen molar-refractivity contribution in [3.05, 3.63) is 29.8 Å². The molecule has 0 aliphatic rings. The molecule has 0 bridgehead atoms. The molecule has 0 saturated heterocycles. The summed E-state index contributed by atoms with van der Waals surface area (Å²) in [4.78, 5) is 0. The molecule has 4 nitrogen and oxygen atoms in total. The highest BCUT2D eigenvalue weighted by atomic mass is 35.5. The maximum Gasteiger partial charge on any atom is 0.324 e. The zero-order valence-electron chi connectivity index (χ0n) is 11.9. The van der Waals surface area contributed by atoms with Gasteiger partial charge in [-0.3, -0.25) is 0 Å². The molecule has 1 aromatic rings. The Morgan fingerprint density at radius 1 is 1.19 bits per heavy atom. The Labute approximate surface area is 139 Å². The fourth-order valence-electron chi connectivity index (χ4n) is 1.65. The maximum atomic E-state index is 13.6. The first-order valence-electron chi connectivity index (χ1n) is 6.24. The molecule has 0 heterocycles. The number of hydrogen-bond acceptors (Lipinski definition) is 3. The Hall–Kier alpha value is -0.210. The summed E-state index contributed by atoms with van der Waals surface area (Å²) in [6.07, 6.45) is 0. The fraction of sp³-hybridized carbons (Fsp3) is 0.500. The summed E-state index contributed by atoms with van der Waals surface area (Å²) in [7, 11) is -3.94. The van der Waals surface area contributed by atoms with Crippen LogP contribution in [0.4, 0.5) is 10.1 Å². The minimum absolute atomic E-state index is 0.195. The molecule has 21 heavy (non-hydrogen) atoms. The molecule has 0 aliphatic carbocycles. The van der Waals surface area contributed by atoms with Crippen molar-refractivity contribution in [1.29, 1.82) is 0 Å². The van der Waals surface area contributed by atoms with Gasteiger partial charge >= 0.3 is 14.1 Å². The Morgan fingerprint density at radius 2 is 1.67 bits per heavy atom. The van der Waals surface area contributed by atoms with E-state index in [1.165, 1.54) is 4.31 Å². The number of alkyl halides is 3. The summed E-state index contributed by atoms with van der Waals surface area (Å²) in [5.41, 5.74) is 1.23. The lowest BCUT2D eigenvalue weighted by Crippen LogP contribution is -2.41. The van der Waals surface area contributed by atoms with Crippen molar-refractivity contribution in [2.75, 3.05) is 16.8 Å². The van der Waals surface area contributed by atoms with Gasteiger partial charge in [0.2, 0.25) is 0 Å². The van der Waals surface area contributed by atoms with Crippen molar-refractivity contribution in [1.82, 2.24) is 4.31 Å². The summed E-state index contributed by atoms with van der Waals surface area (Å²) in [5.74, 6) is 0. The third kappa shape index (κ3) is 5.17. The van der Waals surface area contributed by atoms with Crippen LogP contribution in [0.25, 0.3) is 0 Å². The van der Waals surface area contributed by atoms with Gasteiger partial charge in [0.05, 0.1) is 5.69 Å². The Balaban J connectivity index is 3.29. The molecule has 0 spiro atoms. The van der Waals surface area contributed by atoms with Gasteiger partial charge in [-0.1, -0.05) is 54.7 Å². The predicted octanol–water partition coefficient (Wildman–Crippen LogP) is 4.09. The highest BCUT2D eigenvalue weighted by Crippen LogP contribution is 2.42. The number of benzene rings is 1. The number of rotatable bonds is 7. The highest BCUT2D eigenvalue weighted by molar-refractivity contribution is 8.15. The van der Waals surface area contributed by atoms with Crippen LogP contribution in [-0.2, 0) is 10.2 Å². The highest BCUT2D eigenvalue weighted by Gasteiger charge is 2.37. The number of halogens is 3. The van der Waals surface area contributed by atoms with Gasteiger partial charge < -0.3 is 0 Å². The van der Waals surface area contributed by atoms with Crippen molar-refractivity contribution < 1.29 is 12.8 Å². The summed E-state index contributed by atoms with van der Waals surface area (Å²) in [6.45, 7) is 5.77. The topological polar surface area (TPSA) is 40.6 Å². The average Bonchev–Trinajstić information content (AvgIpc) is 2.37. The Morgan fingerprint density at radius 3 is 2.05 bits per heavy atom. The summed E-state index contributed by atoms with van der Waals surface area (Å²) in [6, 6.07) is 6.60. The van der Waals surface area contributed by atoms with Crippen LogP contribution in [0, 0.1) is 6.92 Å². The second-order valence-electron chi connectivity index (χ2n) is 4.19. The molecule has 0 radical (unpaired) electrons. The monoisotopic (exact) mass is 374 g/mol. The zero-order valence-corrected chi connectivity index (χ0v) is 15.0. The number of nitrogens with zero attached hydrogens (tertiary/aromatic N) is 2. The first kappa shape index (κ1) is 18.8. The van der Waals surface area contributed by atoms with E-state index >= 15 is 0 Å². The van der Waals surface area contributed by atoms with E-state index in [0.29, 0.717) is 0 Å². The molecular weight excluding hydrogens is 358 g/mol. The molecule has 120 valence electrons. The molecule has 9 heteroatoms. The van der Waals surface area contributed by atoms with E-state index < -0.39 is 14.1 Å². The second kappa shape index (κ2) is 7.37. The molecule has 0 N–H and O–H groups in total. The van der Waals surface area contributed by atoms with Crippen LogP contribution in [0.2, 0.25) is 0 Å². The predicted molar refractivity (Wildman–Crippen MR) is 88.6 cm³/mol. The molecule has 0 aromatic heterocycles. The van der Waals surface area contributed by atoms with Crippen LogP contribution < -0.4 is 3.71 Å². The standard InChI is InChI=1S/C12H17Cl2FN2O2S2/c1-4-16(5-2)21(18,19)17(20-12(13,14)15)11-8-6-10(3)7-9-11/h6-9H,4-5H2,1-3H3. The largest absolute Gasteiger partial charge is 0.324 e. The van der Waals surface area contributed by atoms with Crippen LogP contribution in [0.5, 0.6) is 0 Å². The third-order valence-corrected chi connectivity index (χ3v) is 6.26. The molecule has 0 fully saturated rings. The average molecular weight is 375 g/mol. The van der Waals surface area contributed by atoms with Crippen LogP contribution in [-0.4, -0.2) is 29.7 Å². The minimum atomic E-state index is -3.94. The van der Waals surface area contributed by atoms with Gasteiger partial charge in [-0.2, -0.15) is 20.8 Å². The minimum Gasteiger partial charge on any atom is -0.194 e. The molecular formula is C12H17Cl2FN2O2S2. The lowest BCUT2D eigenvalue weighted by Gasteiger charge is -2.30. The van der Waals surface area contributed by atoms with E-state index in [9.17, 15) is 12.8 Å². The third-order valence-electron chi connectivity index (χ3n) is 2.67. The van der Waals surface area contributed by atoms with Gasteiger partial charge in [-0.05, 0) is 19.1 Å². The van der Waals surface area contributed by atoms with E-state index in [2.05, 4.69) is 0 Å². The Bertz CT molecular complexity index is 558. The molecule has 0 saturated carbocycles. The van der Waals surface area contributed by atoms with E-state index in [1.54, 1.807) is 38.1 Å². The zero-order chi connectivity index (χ0) is 16.3. The normalized spacial score (nSPS) is 12.7. The van der Waals surface area contributed by atoms with Crippen molar-refractivity contribution >= 4 is 51.0 Å². The second-order valence-corrected chi connectivity index (χ2v) is 8.99. The first-order chi connectivity index (χ1) is 9.61. The smallest absolute Gasteiger partial charge is 0.194 e. The van der Waals surface area contributed by atoms with Gasteiger partial charge in [0.15, 0.2) is 0 Å². The molecule has 0 unspecified atom stereocenters. The quantitative estimate of drug-likeness (QED) is 0.532. The number of aryl methyl sites for hydroxylation is 1. The number of hydrogen-bond donors (Lipinski definition) is 0. The molecule has 1 aromatic carbocycles. The van der Waals surface area contributed by atoms with E-state index in [4.69, 9.17) is 23.2 Å². The fourth-order valence-corrected chi connectivity index (χ4v) is 4.94. The SMILES string of the molecule is CCN(CC)S(=O)(=O)N(SC(F)(Cl)Cl)c1ccc(C)cc1. The number of anilines is 1. The van der Waals surface area contributed by atoms with Crippen molar-refractivity contribution in [2.45, 2.75) is 24.7 Å². The first-order valence-corrected chi connectivity index (χ1v) is 9.17. The van der Waals surface area contributed by atoms with Crippen LogP contribution in [0.3, 0.4) is 0 Å². The van der Waals surface area contributed by atoms with Crippen molar-refractivity contribution in [3.63, 3.8) is 0 Å². The van der Waals surface area contributed by atoms with Crippen molar-refractivity contribution in [2.24, 2.45) is 0 Å². The van der Waals surface area contributed by atoms with E-state index in [1.807, 2.05) is 6.92 Å². The summed E-state index contributed by atoms with van der Waals surface area (Å²) >= 11 is 10.9. The molecule has 0 aliphatic heterocycles. The van der Waals surface area contributed by atoms with E-state index in [0.717, 1.165) is 9.27 Å². The van der Waals surface area contributed by atoms with Gasteiger partial charge in [0.25, 0.3) is 0 Å². The van der Waals surface area contributed by atoms with Crippen LogP contribution in [0.1, 0.15) is 19.4 Å². The van der Waals surface area contributed by atoms with Gasteiger partial charge in [0, 0.05) is 25.0 Å². The molecule has 1 rings (SSSR count). The van der Waals surface area contributed by atoms with Gasteiger partial charge in [-0.25, -0.2) is 0 Å². The van der Waals surface area contributed by atoms with Gasteiger partial charge in [0.1, 0.15) is 0 Å². The Kier molecular flexibility index (Phi) is 6.61. The molecule has 0 amide bonds. The lowest BCUT2D eigenvalue weighted by atomic mass is 10.2. The van der Waals surface area contributed by atoms with Crippen LogP contribution in [0.15, 0.2) is 24.3 Å². The van der Waals surface area contributed by atoms with Crippen LogP contribution >= 0.6 is 35.1 Å². The van der Waals surface area contributed by atoms with E-state index in [-0.39, 0.29) is 30.7 Å². The summed E-state index contributed by atoms with van der Waals surface area (Å²) in [5, 5.41) is 0. The van der Waals surface area contributed by atoms with Crippen molar-refractivity contribution in [3.8, 4) is 0 Å². The summed E-state index contributed by atoms with van der Waals surface area (Å²) < 4.78 is 38.0.